The van der Waals surface area contributed by atoms with Gasteiger partial charge in [-0.05, 0) is 95.1 Å². The molecule has 2 heteroatoms. The van der Waals surface area contributed by atoms with Crippen LogP contribution in [0.4, 0.5) is 11.4 Å². The van der Waals surface area contributed by atoms with Crippen molar-refractivity contribution in [3.05, 3.63) is 151 Å². The lowest BCUT2D eigenvalue weighted by Crippen LogP contribution is -2.24. The highest BCUT2D eigenvalue weighted by Crippen LogP contribution is 2.36. The maximum Gasteiger partial charge on any atom is 0.0543 e. The minimum absolute atomic E-state index is 1.07. The zero-order valence-electron chi connectivity index (χ0n) is 25.2. The first kappa shape index (κ1) is 26.5. The van der Waals surface area contributed by atoms with Gasteiger partial charge in [0, 0.05) is 34.4 Å². The lowest BCUT2D eigenvalue weighted by Gasteiger charge is -2.31. The zero-order chi connectivity index (χ0) is 29.5. The minimum atomic E-state index is 1.07. The Morgan fingerprint density at radius 2 is 1.14 bits per heavy atom. The van der Waals surface area contributed by atoms with Crippen LogP contribution in [0.2, 0.25) is 0 Å². The summed E-state index contributed by atoms with van der Waals surface area (Å²) in [5.74, 6) is 0. The molecule has 8 rings (SSSR count). The van der Waals surface area contributed by atoms with E-state index in [1.165, 1.54) is 85.1 Å². The maximum absolute atomic E-state index is 2.46. The van der Waals surface area contributed by atoms with E-state index in [-0.39, 0.29) is 0 Å². The molecule has 2 heterocycles. The van der Waals surface area contributed by atoms with Gasteiger partial charge in [0.2, 0.25) is 0 Å². The van der Waals surface area contributed by atoms with Crippen LogP contribution in [0, 0.1) is 0 Å². The third kappa shape index (κ3) is 4.68. The van der Waals surface area contributed by atoms with Crippen molar-refractivity contribution < 1.29 is 0 Å². The van der Waals surface area contributed by atoms with Crippen molar-refractivity contribution in [2.45, 2.75) is 32.6 Å². The SMILES string of the molecule is CCCc1ccc2c3ccccc3n(-c3ccc(-c4ccc(-c5ccc(N6CCCc7ccccc76)cc5)cc4)cc3)c2c1. The molecule has 0 N–H and O–H groups in total. The number of fused-ring (bicyclic) bond motifs is 4. The van der Waals surface area contributed by atoms with Crippen molar-refractivity contribution in [1.29, 1.82) is 0 Å². The van der Waals surface area contributed by atoms with E-state index in [4.69, 9.17) is 0 Å². The number of anilines is 2. The third-order valence-corrected chi connectivity index (χ3v) is 9.24. The molecule has 2 nitrogen and oxygen atoms in total. The van der Waals surface area contributed by atoms with Crippen molar-refractivity contribution in [2.75, 3.05) is 11.4 Å². The number of para-hydroxylation sites is 2. The van der Waals surface area contributed by atoms with Crippen LogP contribution in [0.15, 0.2) is 140 Å². The summed E-state index contributed by atoms with van der Waals surface area (Å²) >= 11 is 0. The molecule has 0 radical (unpaired) electrons. The third-order valence-electron chi connectivity index (χ3n) is 9.24. The molecule has 6 aromatic carbocycles. The van der Waals surface area contributed by atoms with Crippen molar-refractivity contribution in [1.82, 2.24) is 4.57 Å². The Bertz CT molecular complexity index is 2080. The summed E-state index contributed by atoms with van der Waals surface area (Å²) in [6.45, 7) is 3.32. The monoisotopic (exact) mass is 568 g/mol. The van der Waals surface area contributed by atoms with E-state index in [1.807, 2.05) is 0 Å². The Hall–Kier alpha value is -5.08. The molecular formula is C42H36N2. The summed E-state index contributed by atoms with van der Waals surface area (Å²) in [5, 5.41) is 2.62. The second-order valence-corrected chi connectivity index (χ2v) is 12.0. The number of aryl methyl sites for hydroxylation is 2. The van der Waals surface area contributed by atoms with E-state index in [0.717, 1.165) is 19.4 Å². The van der Waals surface area contributed by atoms with Crippen LogP contribution >= 0.6 is 0 Å². The lowest BCUT2D eigenvalue weighted by molar-refractivity contribution is 0.767. The molecule has 1 aliphatic heterocycles. The van der Waals surface area contributed by atoms with Crippen LogP contribution in [0.3, 0.4) is 0 Å². The van der Waals surface area contributed by atoms with Crippen molar-refractivity contribution in [3.63, 3.8) is 0 Å². The van der Waals surface area contributed by atoms with Gasteiger partial charge in [0.1, 0.15) is 0 Å². The number of nitrogens with zero attached hydrogens (tertiary/aromatic N) is 2. The van der Waals surface area contributed by atoms with Crippen molar-refractivity contribution in [2.24, 2.45) is 0 Å². The second-order valence-electron chi connectivity index (χ2n) is 12.0. The first-order valence-corrected chi connectivity index (χ1v) is 16.0. The highest BCUT2D eigenvalue weighted by molar-refractivity contribution is 6.09. The average Bonchev–Trinajstić information content (AvgIpc) is 3.42. The summed E-state index contributed by atoms with van der Waals surface area (Å²) in [4.78, 5) is 2.46. The van der Waals surface area contributed by atoms with Crippen molar-refractivity contribution in [3.8, 4) is 27.9 Å². The van der Waals surface area contributed by atoms with E-state index in [9.17, 15) is 0 Å². The Kier molecular flexibility index (Phi) is 6.76. The van der Waals surface area contributed by atoms with E-state index in [2.05, 4.69) is 156 Å². The minimum Gasteiger partial charge on any atom is -0.341 e. The largest absolute Gasteiger partial charge is 0.341 e. The van der Waals surface area contributed by atoms with Crippen LogP contribution in [0.5, 0.6) is 0 Å². The van der Waals surface area contributed by atoms with Gasteiger partial charge < -0.3 is 9.47 Å². The summed E-state index contributed by atoms with van der Waals surface area (Å²) in [6.07, 6.45) is 4.61. The van der Waals surface area contributed by atoms with Crippen LogP contribution in [-0.4, -0.2) is 11.1 Å². The summed E-state index contributed by atoms with van der Waals surface area (Å²) in [7, 11) is 0. The molecule has 7 aromatic rings. The zero-order valence-corrected chi connectivity index (χ0v) is 25.2. The van der Waals surface area contributed by atoms with Gasteiger partial charge in [0.05, 0.1) is 11.0 Å². The van der Waals surface area contributed by atoms with Gasteiger partial charge in [0.15, 0.2) is 0 Å². The predicted octanol–water partition coefficient (Wildman–Crippen LogP) is 11.2. The van der Waals surface area contributed by atoms with Gasteiger partial charge in [-0.1, -0.05) is 110 Å². The molecular weight excluding hydrogens is 532 g/mol. The number of aromatic nitrogens is 1. The van der Waals surface area contributed by atoms with Gasteiger partial charge in [-0.25, -0.2) is 0 Å². The van der Waals surface area contributed by atoms with Crippen LogP contribution in [0.25, 0.3) is 49.7 Å². The fraction of sp³-hybridized carbons (Fsp3) is 0.143. The number of hydrogen-bond donors (Lipinski definition) is 0. The highest BCUT2D eigenvalue weighted by Gasteiger charge is 2.18. The molecule has 0 bridgehead atoms. The predicted molar refractivity (Wildman–Crippen MR) is 187 cm³/mol. The Morgan fingerprint density at radius 1 is 0.545 bits per heavy atom. The Morgan fingerprint density at radius 3 is 1.84 bits per heavy atom. The molecule has 0 aliphatic carbocycles. The molecule has 1 aromatic heterocycles. The number of rotatable bonds is 6. The maximum atomic E-state index is 2.46. The average molecular weight is 569 g/mol. The van der Waals surface area contributed by atoms with Gasteiger partial charge in [-0.2, -0.15) is 0 Å². The molecule has 214 valence electrons. The van der Waals surface area contributed by atoms with Crippen LogP contribution in [-0.2, 0) is 12.8 Å². The Balaban J connectivity index is 1.06. The summed E-state index contributed by atoms with van der Waals surface area (Å²) < 4.78 is 2.42. The molecule has 0 unspecified atom stereocenters. The standard InChI is InChI=1S/C42H36N2/c1-2-8-30-14-27-39-38-11-4-6-13-41(38)44(42(39)29-30)37-25-21-34(22-26-37)32-17-15-31(16-18-32)33-19-23-36(24-20-33)43-28-7-10-35-9-3-5-12-40(35)43/h3-6,9,11-27,29H,2,7-8,10,28H2,1H3. The van der Waals surface area contributed by atoms with Crippen LogP contribution < -0.4 is 4.90 Å². The topological polar surface area (TPSA) is 8.17 Å². The Labute approximate surface area is 259 Å². The van der Waals surface area contributed by atoms with Crippen LogP contribution in [0.1, 0.15) is 30.9 Å². The smallest absolute Gasteiger partial charge is 0.0543 e. The number of benzene rings is 6. The van der Waals surface area contributed by atoms with Gasteiger partial charge >= 0.3 is 0 Å². The molecule has 0 saturated carbocycles. The summed E-state index contributed by atoms with van der Waals surface area (Å²) in [6, 6.07) is 51.6. The molecule has 0 amide bonds. The highest BCUT2D eigenvalue weighted by atomic mass is 15.1. The normalized spacial score (nSPS) is 13.0. The van der Waals surface area contributed by atoms with E-state index in [0.29, 0.717) is 0 Å². The molecule has 44 heavy (non-hydrogen) atoms. The lowest BCUT2D eigenvalue weighted by atomic mass is 9.99. The molecule has 0 saturated heterocycles. The first-order valence-electron chi connectivity index (χ1n) is 16.0. The van der Waals surface area contributed by atoms with Gasteiger partial charge in [-0.3, -0.25) is 0 Å². The summed E-state index contributed by atoms with van der Waals surface area (Å²) in [5.41, 5.74) is 14.1. The molecule has 1 aliphatic rings. The van der Waals surface area contributed by atoms with Gasteiger partial charge in [0.25, 0.3) is 0 Å². The molecule has 0 spiro atoms. The van der Waals surface area contributed by atoms with E-state index in [1.54, 1.807) is 0 Å². The number of hydrogen-bond acceptors (Lipinski definition) is 1. The quantitative estimate of drug-likeness (QED) is 0.194. The fourth-order valence-corrected chi connectivity index (χ4v) is 7.03. The van der Waals surface area contributed by atoms with Gasteiger partial charge in [-0.15, -0.1) is 0 Å². The second kappa shape index (κ2) is 11.2. The fourth-order valence-electron chi connectivity index (χ4n) is 7.03. The van der Waals surface area contributed by atoms with E-state index >= 15 is 0 Å². The van der Waals surface area contributed by atoms with E-state index < -0.39 is 0 Å². The molecule has 0 fully saturated rings. The molecule has 0 atom stereocenters. The first-order chi connectivity index (χ1) is 21.8. The van der Waals surface area contributed by atoms with Crippen molar-refractivity contribution >= 4 is 33.2 Å².